The number of aryl methyl sites for hydroxylation is 1. The largest absolute Gasteiger partial charge is 0.507 e. The van der Waals surface area contributed by atoms with E-state index in [1.807, 2.05) is 18.2 Å². The first kappa shape index (κ1) is 19.2. The molecule has 6 rings (SSSR count). The van der Waals surface area contributed by atoms with Gasteiger partial charge in [-0.1, -0.05) is 26.0 Å². The highest BCUT2D eigenvalue weighted by Crippen LogP contribution is 2.52. The van der Waals surface area contributed by atoms with Crippen LogP contribution in [-0.4, -0.2) is 53.1 Å². The van der Waals surface area contributed by atoms with Gasteiger partial charge in [-0.2, -0.15) is 0 Å². The van der Waals surface area contributed by atoms with Crippen molar-refractivity contribution < 1.29 is 14.3 Å². The molecule has 4 aliphatic heterocycles. The monoisotopic (exact) mass is 407 g/mol. The number of hydrogen-bond donors (Lipinski definition) is 1. The number of Topliss-reactive ketones (excluding diaryl/α,β-unsaturated/α-hetero) is 1. The summed E-state index contributed by atoms with van der Waals surface area (Å²) in [6, 6.07) is 9.29. The Balaban J connectivity index is 1.45. The van der Waals surface area contributed by atoms with Crippen molar-refractivity contribution in [1.29, 1.82) is 0 Å². The minimum Gasteiger partial charge on any atom is -0.507 e. The standard InChI is InChI=1S/C23H25N3O4/c1-14-7-18(27)17(20(28)30-14)9-24-16-6-4-5-15(8-16)19-25-10-22(2)11-26(19)13-23(3,12-25)21(22)29/h4-9,19,27H,10-13H2,1-3H3. The lowest BCUT2D eigenvalue weighted by atomic mass is 9.62. The molecule has 1 N–H and O–H groups in total. The number of carbonyl (C=O) groups excluding carboxylic acids is 1. The maximum Gasteiger partial charge on any atom is 0.348 e. The minimum absolute atomic E-state index is 0.0347. The number of carbonyl (C=O) groups is 1. The average Bonchev–Trinajstić information content (AvgIpc) is 2.64. The van der Waals surface area contributed by atoms with Crippen LogP contribution in [0.4, 0.5) is 5.69 Å². The molecule has 7 nitrogen and oxygen atoms in total. The third-order valence-corrected chi connectivity index (χ3v) is 6.60. The predicted molar refractivity (Wildman–Crippen MR) is 112 cm³/mol. The van der Waals surface area contributed by atoms with Crippen LogP contribution in [0.3, 0.4) is 0 Å². The summed E-state index contributed by atoms with van der Waals surface area (Å²) in [5.74, 6) is 0.603. The molecular weight excluding hydrogens is 382 g/mol. The van der Waals surface area contributed by atoms with Gasteiger partial charge in [-0.15, -0.1) is 0 Å². The van der Waals surface area contributed by atoms with E-state index in [2.05, 4.69) is 34.7 Å². The molecule has 156 valence electrons. The summed E-state index contributed by atoms with van der Waals surface area (Å²) in [5, 5.41) is 10.0. The van der Waals surface area contributed by atoms with Crippen LogP contribution in [-0.2, 0) is 4.79 Å². The Morgan fingerprint density at radius 3 is 2.33 bits per heavy atom. The summed E-state index contributed by atoms with van der Waals surface area (Å²) in [6.07, 6.45) is 1.46. The highest BCUT2D eigenvalue weighted by molar-refractivity contribution is 5.92. The van der Waals surface area contributed by atoms with Gasteiger partial charge >= 0.3 is 5.63 Å². The van der Waals surface area contributed by atoms with Crippen LogP contribution in [0.5, 0.6) is 5.75 Å². The summed E-state index contributed by atoms with van der Waals surface area (Å²) < 4.78 is 5.04. The number of piperidine rings is 2. The minimum atomic E-state index is -0.614. The lowest BCUT2D eigenvalue weighted by Gasteiger charge is -2.64. The van der Waals surface area contributed by atoms with E-state index in [1.165, 1.54) is 12.3 Å². The fraction of sp³-hybridized carbons (Fsp3) is 0.435. The summed E-state index contributed by atoms with van der Waals surface area (Å²) in [5.41, 5.74) is 0.632. The van der Waals surface area contributed by atoms with Gasteiger partial charge in [-0.25, -0.2) is 4.79 Å². The highest BCUT2D eigenvalue weighted by Gasteiger charge is 2.62. The van der Waals surface area contributed by atoms with Crippen molar-refractivity contribution in [3.63, 3.8) is 0 Å². The molecular formula is C23H25N3O4. The normalized spacial score (nSPS) is 34.8. The van der Waals surface area contributed by atoms with Crippen molar-refractivity contribution in [2.24, 2.45) is 15.8 Å². The molecule has 4 saturated heterocycles. The van der Waals surface area contributed by atoms with Crippen LogP contribution in [0.25, 0.3) is 0 Å². The van der Waals surface area contributed by atoms with Gasteiger partial charge in [0.1, 0.15) is 22.9 Å². The van der Waals surface area contributed by atoms with E-state index in [-0.39, 0.29) is 28.3 Å². The van der Waals surface area contributed by atoms with Gasteiger partial charge in [-0.3, -0.25) is 19.6 Å². The quantitative estimate of drug-likeness (QED) is 0.788. The number of ketones is 1. The van der Waals surface area contributed by atoms with E-state index < -0.39 is 5.63 Å². The van der Waals surface area contributed by atoms with E-state index in [9.17, 15) is 14.7 Å². The maximum atomic E-state index is 12.9. The molecule has 0 aliphatic carbocycles. The van der Waals surface area contributed by atoms with Crippen molar-refractivity contribution in [3.05, 3.63) is 57.6 Å². The molecule has 4 bridgehead atoms. The van der Waals surface area contributed by atoms with Crippen molar-refractivity contribution in [2.75, 3.05) is 26.2 Å². The molecule has 0 radical (unpaired) electrons. The van der Waals surface area contributed by atoms with Crippen LogP contribution in [0.2, 0.25) is 0 Å². The van der Waals surface area contributed by atoms with E-state index >= 15 is 0 Å². The first-order chi connectivity index (χ1) is 14.2. The van der Waals surface area contributed by atoms with Crippen molar-refractivity contribution in [2.45, 2.75) is 26.9 Å². The zero-order valence-electron chi connectivity index (χ0n) is 17.4. The number of nitrogens with zero attached hydrogens (tertiary/aromatic N) is 3. The Bertz CT molecular complexity index is 1100. The van der Waals surface area contributed by atoms with Crippen LogP contribution in [0, 0.1) is 17.8 Å². The number of aromatic hydroxyl groups is 1. The lowest BCUT2D eigenvalue weighted by molar-refractivity contribution is -0.197. The molecule has 0 spiro atoms. The van der Waals surface area contributed by atoms with Crippen LogP contribution >= 0.6 is 0 Å². The number of aliphatic imine (C=N–C) groups is 1. The zero-order valence-corrected chi connectivity index (χ0v) is 17.4. The summed E-state index contributed by atoms with van der Waals surface area (Å²) in [7, 11) is 0. The third kappa shape index (κ3) is 2.84. The Hall–Kier alpha value is -2.77. The summed E-state index contributed by atoms with van der Waals surface area (Å²) >= 11 is 0. The summed E-state index contributed by atoms with van der Waals surface area (Å²) in [6.45, 7) is 8.87. The smallest absolute Gasteiger partial charge is 0.348 e. The topological polar surface area (TPSA) is 86.4 Å². The molecule has 0 unspecified atom stereocenters. The van der Waals surface area contributed by atoms with Crippen LogP contribution in [0.15, 0.2) is 44.5 Å². The van der Waals surface area contributed by atoms with Gasteiger partial charge in [0.2, 0.25) is 0 Å². The molecule has 0 atom stereocenters. The van der Waals surface area contributed by atoms with Crippen LogP contribution in [0.1, 0.15) is 36.9 Å². The van der Waals surface area contributed by atoms with Gasteiger partial charge in [0.15, 0.2) is 0 Å². The van der Waals surface area contributed by atoms with E-state index in [0.717, 1.165) is 31.7 Å². The fourth-order valence-corrected chi connectivity index (χ4v) is 5.65. The molecule has 0 amide bonds. The molecule has 5 heterocycles. The zero-order chi connectivity index (χ0) is 21.3. The number of benzene rings is 1. The Kier molecular flexibility index (Phi) is 4.07. The number of rotatable bonds is 3. The van der Waals surface area contributed by atoms with Gasteiger partial charge in [0.05, 0.1) is 22.7 Å². The fourth-order valence-electron chi connectivity index (χ4n) is 5.65. The van der Waals surface area contributed by atoms with E-state index in [1.54, 1.807) is 6.92 Å². The molecule has 1 aromatic heterocycles. The first-order valence-electron chi connectivity index (χ1n) is 10.2. The molecule has 2 aromatic rings. The third-order valence-electron chi connectivity index (χ3n) is 6.60. The highest BCUT2D eigenvalue weighted by atomic mass is 16.4. The second-order valence-electron chi connectivity index (χ2n) is 9.43. The van der Waals surface area contributed by atoms with Crippen molar-refractivity contribution in [3.8, 4) is 5.75 Å². The molecule has 30 heavy (non-hydrogen) atoms. The summed E-state index contributed by atoms with van der Waals surface area (Å²) in [4.78, 5) is 34.1. The van der Waals surface area contributed by atoms with Gasteiger partial charge in [0, 0.05) is 38.5 Å². The first-order valence-corrected chi connectivity index (χ1v) is 10.2. The van der Waals surface area contributed by atoms with Crippen LogP contribution < -0.4 is 5.63 Å². The number of hydrogen-bond acceptors (Lipinski definition) is 7. The average molecular weight is 407 g/mol. The lowest BCUT2D eigenvalue weighted by Crippen LogP contribution is -2.75. The molecule has 7 heteroatoms. The van der Waals surface area contributed by atoms with Gasteiger partial charge in [0.25, 0.3) is 0 Å². The molecule has 4 aliphatic rings. The predicted octanol–water partition coefficient (Wildman–Crippen LogP) is 2.63. The Labute approximate surface area is 174 Å². The second kappa shape index (κ2) is 6.36. The molecule has 1 aromatic carbocycles. The van der Waals surface area contributed by atoms with E-state index in [4.69, 9.17) is 4.42 Å². The molecule has 0 saturated carbocycles. The second-order valence-corrected chi connectivity index (χ2v) is 9.43. The Morgan fingerprint density at radius 2 is 1.73 bits per heavy atom. The van der Waals surface area contributed by atoms with E-state index in [0.29, 0.717) is 17.2 Å². The maximum absolute atomic E-state index is 12.9. The van der Waals surface area contributed by atoms with Crippen molar-refractivity contribution in [1.82, 2.24) is 9.80 Å². The SMILES string of the molecule is Cc1cc(O)c(C=Nc2cccc(C3N4CC5(C)CN3CC(C)(C4)C5=O)c2)c(=O)o1. The van der Waals surface area contributed by atoms with Gasteiger partial charge in [-0.05, 0) is 24.6 Å². The Morgan fingerprint density at radius 1 is 1.10 bits per heavy atom. The van der Waals surface area contributed by atoms with Gasteiger partial charge < -0.3 is 9.52 Å². The van der Waals surface area contributed by atoms with Crippen molar-refractivity contribution >= 4 is 17.7 Å². The molecule has 4 fully saturated rings.